The zero-order valence-electron chi connectivity index (χ0n) is 19.2. The van der Waals surface area contributed by atoms with Crippen molar-refractivity contribution in [2.24, 2.45) is 0 Å². The molecule has 0 bridgehead atoms. The molecule has 2 aromatic carbocycles. The van der Waals surface area contributed by atoms with Crippen molar-refractivity contribution in [2.75, 3.05) is 26.2 Å². The normalized spacial score (nSPS) is 18.9. The lowest BCUT2D eigenvalue weighted by Crippen LogP contribution is -2.54. The minimum Gasteiger partial charge on any atom is -0.488 e. The number of carbonyl (C=O) groups excluding carboxylic acids is 1. The zero-order valence-corrected chi connectivity index (χ0v) is 20.7. The molecule has 34 heavy (non-hydrogen) atoms. The molecule has 2 fully saturated rings. The third-order valence-electron chi connectivity index (χ3n) is 6.89. The summed E-state index contributed by atoms with van der Waals surface area (Å²) in [5.74, 6) is -0.174. The molecule has 2 aromatic rings. The van der Waals surface area contributed by atoms with E-state index in [1.165, 1.54) is 4.90 Å². The summed E-state index contributed by atoms with van der Waals surface area (Å²) in [5, 5.41) is 20.9. The Hall–Kier alpha value is -2.58. The van der Waals surface area contributed by atoms with Crippen molar-refractivity contribution in [3.05, 3.63) is 64.1 Å². The molecule has 2 amide bonds. The number of hydrogen-bond donors (Lipinski definition) is 2. The summed E-state index contributed by atoms with van der Waals surface area (Å²) in [5.41, 5.74) is 0.683. The molecule has 1 heterocycles. The smallest absolute Gasteiger partial charge is 0.407 e. The van der Waals surface area contributed by atoms with Crippen LogP contribution in [0.15, 0.2) is 53.0 Å². The molecule has 4 rings (SSSR count). The van der Waals surface area contributed by atoms with Crippen LogP contribution in [0.25, 0.3) is 0 Å². The van der Waals surface area contributed by atoms with Gasteiger partial charge in [-0.15, -0.1) is 0 Å². The molecular weight excluding hydrogens is 500 g/mol. The fraction of sp³-hybridized carbons (Fsp3) is 0.462. The van der Waals surface area contributed by atoms with Crippen molar-refractivity contribution in [3.63, 3.8) is 0 Å². The van der Waals surface area contributed by atoms with Crippen molar-refractivity contribution in [3.8, 4) is 5.75 Å². The fourth-order valence-electron chi connectivity index (χ4n) is 4.99. The van der Waals surface area contributed by atoms with E-state index in [2.05, 4.69) is 15.9 Å². The minimum atomic E-state index is -1.12. The maximum Gasteiger partial charge on any atom is 0.407 e. The molecule has 0 aromatic heterocycles. The topological polar surface area (TPSA) is 90.3 Å². The van der Waals surface area contributed by atoms with Gasteiger partial charge in [-0.1, -0.05) is 55.7 Å². The number of rotatable bonds is 6. The van der Waals surface area contributed by atoms with Gasteiger partial charge in [0.1, 0.15) is 12.4 Å². The van der Waals surface area contributed by atoms with Gasteiger partial charge in [0.2, 0.25) is 5.91 Å². The van der Waals surface area contributed by atoms with Gasteiger partial charge in [-0.2, -0.15) is 0 Å². The van der Waals surface area contributed by atoms with Gasteiger partial charge in [0.25, 0.3) is 0 Å². The highest BCUT2D eigenvalue weighted by Gasteiger charge is 2.45. The number of aliphatic hydroxyl groups is 1. The summed E-state index contributed by atoms with van der Waals surface area (Å²) in [6, 6.07) is 15.5. The highest BCUT2D eigenvalue weighted by atomic mass is 79.9. The largest absolute Gasteiger partial charge is 0.488 e. The average Bonchev–Trinajstić information content (AvgIpc) is 2.84. The molecule has 0 radical (unpaired) electrons. The lowest BCUT2D eigenvalue weighted by Gasteiger charge is -2.42. The van der Waals surface area contributed by atoms with E-state index in [9.17, 15) is 19.8 Å². The molecule has 1 atom stereocenters. The fourth-order valence-corrected chi connectivity index (χ4v) is 5.50. The molecule has 2 N–H and O–H groups in total. The van der Waals surface area contributed by atoms with Crippen LogP contribution in [0.5, 0.6) is 5.75 Å². The Labute approximate surface area is 208 Å². The summed E-state index contributed by atoms with van der Waals surface area (Å²) < 4.78 is 6.70. The van der Waals surface area contributed by atoms with Crippen LogP contribution in [0.2, 0.25) is 0 Å². The van der Waals surface area contributed by atoms with Crippen molar-refractivity contribution in [1.29, 1.82) is 0 Å². The second kappa shape index (κ2) is 10.8. The quantitative estimate of drug-likeness (QED) is 0.568. The number of amides is 2. The molecule has 7 nitrogen and oxygen atoms in total. The van der Waals surface area contributed by atoms with Gasteiger partial charge in [0.05, 0.1) is 16.0 Å². The molecule has 8 heteroatoms. The maximum absolute atomic E-state index is 13.7. The zero-order chi connectivity index (χ0) is 24.1. The molecule has 1 aliphatic heterocycles. The van der Waals surface area contributed by atoms with Crippen molar-refractivity contribution >= 4 is 27.9 Å². The SMILES string of the molecule is O=C(O)N1CCN(C(=O)C(c2ccc(OCc3ccccc3)c(Br)c2)C2(O)CCCCC2)CC1. The van der Waals surface area contributed by atoms with Gasteiger partial charge in [0, 0.05) is 26.2 Å². The Morgan fingerprint density at radius 3 is 2.24 bits per heavy atom. The van der Waals surface area contributed by atoms with E-state index in [4.69, 9.17) is 4.74 Å². The molecule has 182 valence electrons. The van der Waals surface area contributed by atoms with Crippen LogP contribution in [-0.2, 0) is 11.4 Å². The van der Waals surface area contributed by atoms with Crippen LogP contribution in [0.4, 0.5) is 4.79 Å². The van der Waals surface area contributed by atoms with Crippen LogP contribution in [0.1, 0.15) is 49.1 Å². The van der Waals surface area contributed by atoms with Gasteiger partial charge >= 0.3 is 6.09 Å². The summed E-state index contributed by atoms with van der Waals surface area (Å²) in [6.45, 7) is 1.65. The first-order chi connectivity index (χ1) is 16.4. The molecular formula is C26H31BrN2O5. The third-order valence-corrected chi connectivity index (χ3v) is 7.51. The number of ether oxygens (including phenoxy) is 1. The van der Waals surface area contributed by atoms with Gasteiger partial charge < -0.3 is 24.7 Å². The van der Waals surface area contributed by atoms with Crippen molar-refractivity contribution in [1.82, 2.24) is 9.80 Å². The molecule has 0 spiro atoms. The number of benzene rings is 2. The van der Waals surface area contributed by atoms with E-state index >= 15 is 0 Å². The van der Waals surface area contributed by atoms with Crippen LogP contribution in [0, 0.1) is 0 Å². The predicted octanol–water partition coefficient (Wildman–Crippen LogP) is 4.63. The van der Waals surface area contributed by atoms with Gasteiger partial charge in [-0.3, -0.25) is 4.79 Å². The number of halogens is 1. The van der Waals surface area contributed by atoms with E-state index in [0.29, 0.717) is 38.3 Å². The predicted molar refractivity (Wildman–Crippen MR) is 132 cm³/mol. The van der Waals surface area contributed by atoms with Gasteiger partial charge in [0.15, 0.2) is 0 Å². The first-order valence-corrected chi connectivity index (χ1v) is 12.6. The van der Waals surface area contributed by atoms with E-state index in [-0.39, 0.29) is 19.0 Å². The van der Waals surface area contributed by atoms with E-state index in [1.807, 2.05) is 48.5 Å². The lowest BCUT2D eigenvalue weighted by molar-refractivity contribution is -0.143. The Kier molecular flexibility index (Phi) is 7.78. The highest BCUT2D eigenvalue weighted by molar-refractivity contribution is 9.10. The molecule has 1 saturated heterocycles. The van der Waals surface area contributed by atoms with Crippen molar-refractivity contribution in [2.45, 2.75) is 50.2 Å². The summed E-state index contributed by atoms with van der Waals surface area (Å²) >= 11 is 3.60. The van der Waals surface area contributed by atoms with Crippen LogP contribution < -0.4 is 4.74 Å². The third kappa shape index (κ3) is 5.55. The first kappa shape index (κ1) is 24.5. The number of nitrogens with zero attached hydrogens (tertiary/aromatic N) is 2. The summed E-state index contributed by atoms with van der Waals surface area (Å²) in [7, 11) is 0. The van der Waals surface area contributed by atoms with Crippen LogP contribution in [-0.4, -0.2) is 63.8 Å². The highest BCUT2D eigenvalue weighted by Crippen LogP contribution is 2.43. The van der Waals surface area contributed by atoms with Gasteiger partial charge in [-0.25, -0.2) is 4.79 Å². The molecule has 1 unspecified atom stereocenters. The van der Waals surface area contributed by atoms with Crippen molar-refractivity contribution < 1.29 is 24.5 Å². The van der Waals surface area contributed by atoms with E-state index < -0.39 is 17.6 Å². The standard InChI is InChI=1S/C26H31BrN2O5/c27-21-17-20(9-10-22(21)34-18-19-7-3-1-4-8-19)23(26(33)11-5-2-6-12-26)24(30)28-13-15-29(16-14-28)25(31)32/h1,3-4,7-10,17,23,33H,2,5-6,11-16,18H2,(H,31,32). The maximum atomic E-state index is 13.7. The van der Waals surface area contributed by atoms with E-state index in [0.717, 1.165) is 34.9 Å². The number of hydrogen-bond acceptors (Lipinski definition) is 4. The van der Waals surface area contributed by atoms with Crippen LogP contribution >= 0.6 is 15.9 Å². The summed E-state index contributed by atoms with van der Waals surface area (Å²) in [4.78, 5) is 28.0. The summed E-state index contributed by atoms with van der Waals surface area (Å²) in [6.07, 6.45) is 2.99. The van der Waals surface area contributed by atoms with Gasteiger partial charge in [-0.05, 0) is 52.0 Å². The molecule has 1 aliphatic carbocycles. The Bertz CT molecular complexity index is 1000. The van der Waals surface area contributed by atoms with E-state index in [1.54, 1.807) is 4.90 Å². The lowest BCUT2D eigenvalue weighted by atomic mass is 9.72. The number of piperazine rings is 1. The number of carbonyl (C=O) groups is 2. The second-order valence-electron chi connectivity index (χ2n) is 9.16. The molecule has 2 aliphatic rings. The Morgan fingerprint density at radius 1 is 0.971 bits per heavy atom. The monoisotopic (exact) mass is 530 g/mol. The minimum absolute atomic E-state index is 0.140. The average molecular weight is 531 g/mol. The Balaban J connectivity index is 1.56. The Morgan fingerprint density at radius 2 is 1.62 bits per heavy atom. The first-order valence-electron chi connectivity index (χ1n) is 11.8. The second-order valence-corrected chi connectivity index (χ2v) is 10.0. The molecule has 1 saturated carbocycles. The van der Waals surface area contributed by atoms with Crippen LogP contribution in [0.3, 0.4) is 0 Å². The number of carboxylic acid groups (broad SMARTS) is 1.